The van der Waals surface area contributed by atoms with Crippen molar-refractivity contribution < 1.29 is 42.9 Å². The Hall–Kier alpha value is -2.62. The van der Waals surface area contributed by atoms with Gasteiger partial charge in [-0.15, -0.1) is 0 Å². The molecule has 0 aliphatic carbocycles. The van der Waals surface area contributed by atoms with E-state index in [0.717, 1.165) is 4.46 Å². The number of carbonyl (C=O) groups excluding carboxylic acids is 4. The third kappa shape index (κ3) is 8.96. The van der Waals surface area contributed by atoms with Crippen LogP contribution >= 0.6 is 0 Å². The van der Waals surface area contributed by atoms with Gasteiger partial charge < -0.3 is 0 Å². The van der Waals surface area contributed by atoms with Crippen LogP contribution in [0.25, 0.3) is 0 Å². The fourth-order valence-electron chi connectivity index (χ4n) is 3.23. The Balaban J connectivity index is 2.46. The second-order valence-electron chi connectivity index (χ2n) is 8.60. The number of amides is 1. The molecule has 1 amide bonds. The zero-order valence-corrected chi connectivity index (χ0v) is 21.8. The van der Waals surface area contributed by atoms with Crippen LogP contribution in [0.2, 0.25) is 0 Å². The van der Waals surface area contributed by atoms with E-state index in [1.807, 2.05) is 30.3 Å². The molecule has 1 aliphatic heterocycles. The summed E-state index contributed by atoms with van der Waals surface area (Å²) in [6.07, 6.45) is -3.92. The minimum absolute atomic E-state index is 0.231. The molecule has 10 nitrogen and oxygen atoms in total. The molecule has 1 heterocycles. The predicted molar refractivity (Wildman–Crippen MR) is 121 cm³/mol. The molecule has 2 rings (SSSR count). The summed E-state index contributed by atoms with van der Waals surface area (Å²) in [7, 11) is 0. The van der Waals surface area contributed by atoms with Gasteiger partial charge in [0.1, 0.15) is 0 Å². The predicted octanol–water partition coefficient (Wildman–Crippen LogP) is 1.06. The van der Waals surface area contributed by atoms with Crippen LogP contribution in [0.15, 0.2) is 30.3 Å². The van der Waals surface area contributed by atoms with Crippen molar-refractivity contribution in [3.05, 3.63) is 30.3 Å². The molecule has 34 heavy (non-hydrogen) atoms. The molecule has 188 valence electrons. The van der Waals surface area contributed by atoms with Crippen LogP contribution in [0, 0.1) is 0 Å². The third-order valence-electron chi connectivity index (χ3n) is 4.38. The second-order valence-corrected chi connectivity index (χ2v) is 11.1. The summed E-state index contributed by atoms with van der Waals surface area (Å²) in [5.41, 5.74) is -0.774. The molecular formula is C23H31NO9Se. The summed E-state index contributed by atoms with van der Waals surface area (Å²) in [5.74, 6) is -1.84. The van der Waals surface area contributed by atoms with Crippen molar-refractivity contribution in [2.75, 3.05) is 6.61 Å². The van der Waals surface area contributed by atoms with Gasteiger partial charge in [-0.05, 0) is 0 Å². The van der Waals surface area contributed by atoms with E-state index in [4.69, 9.17) is 23.7 Å². The normalized spacial score (nSPS) is 24.5. The molecule has 0 aromatic heterocycles. The SMILES string of the molecule is CC(=O)OC[C@H]1O[C@H]([Se]c2ccccc2)[C@H](NC(=O)OC(C)(C)C)[C@@H](OC(C)=O)[C@H]1OC(C)=O. The Morgan fingerprint density at radius 3 is 2.06 bits per heavy atom. The van der Waals surface area contributed by atoms with Crippen molar-refractivity contribution in [1.29, 1.82) is 0 Å². The number of rotatable bonds is 7. The first kappa shape index (κ1) is 27.6. The van der Waals surface area contributed by atoms with E-state index in [2.05, 4.69) is 5.32 Å². The zero-order chi connectivity index (χ0) is 25.5. The number of esters is 3. The van der Waals surface area contributed by atoms with Crippen molar-refractivity contribution in [3.8, 4) is 0 Å². The molecule has 0 unspecified atom stereocenters. The van der Waals surface area contributed by atoms with E-state index in [-0.39, 0.29) is 21.6 Å². The maximum atomic E-state index is 12.7. The Morgan fingerprint density at radius 1 is 0.941 bits per heavy atom. The van der Waals surface area contributed by atoms with Gasteiger partial charge in [0.05, 0.1) is 0 Å². The van der Waals surface area contributed by atoms with Gasteiger partial charge in [-0.2, -0.15) is 0 Å². The van der Waals surface area contributed by atoms with Crippen LogP contribution < -0.4 is 9.78 Å². The zero-order valence-electron chi connectivity index (χ0n) is 20.1. The average molecular weight is 544 g/mol. The molecule has 1 aromatic carbocycles. The number of carbonyl (C=O) groups is 4. The fourth-order valence-corrected chi connectivity index (χ4v) is 5.65. The van der Waals surface area contributed by atoms with E-state index in [1.54, 1.807) is 20.8 Å². The van der Waals surface area contributed by atoms with Crippen molar-refractivity contribution in [1.82, 2.24) is 5.32 Å². The topological polar surface area (TPSA) is 126 Å². The molecule has 0 saturated carbocycles. The summed E-state index contributed by atoms with van der Waals surface area (Å²) in [6.45, 7) is 8.57. The molecule has 11 heteroatoms. The molecule has 1 N–H and O–H groups in total. The maximum absolute atomic E-state index is 12.7. The molecular weight excluding hydrogens is 513 g/mol. The first-order chi connectivity index (χ1) is 15.9. The van der Waals surface area contributed by atoms with Gasteiger partial charge in [0.2, 0.25) is 0 Å². The molecule has 0 spiro atoms. The van der Waals surface area contributed by atoms with Crippen molar-refractivity contribution in [3.63, 3.8) is 0 Å². The number of benzene rings is 1. The van der Waals surface area contributed by atoms with Crippen LogP contribution in [-0.2, 0) is 38.1 Å². The summed E-state index contributed by atoms with van der Waals surface area (Å²) >= 11 is -0.380. The van der Waals surface area contributed by atoms with Gasteiger partial charge in [0, 0.05) is 0 Å². The molecule has 1 saturated heterocycles. The van der Waals surface area contributed by atoms with Crippen molar-refractivity contribution in [2.45, 2.75) is 76.5 Å². The molecule has 1 aromatic rings. The summed E-state index contributed by atoms with van der Waals surface area (Å²) in [6, 6.07) is 8.54. The fraction of sp³-hybridized carbons (Fsp3) is 0.565. The number of hydrogen-bond donors (Lipinski definition) is 1. The molecule has 0 bridgehead atoms. The van der Waals surface area contributed by atoms with E-state index in [0.29, 0.717) is 0 Å². The number of ether oxygens (including phenoxy) is 5. The summed E-state index contributed by atoms with van der Waals surface area (Å²) in [5, 5.41) is 2.08. The van der Waals surface area contributed by atoms with Crippen molar-refractivity contribution >= 4 is 43.4 Å². The minimum atomic E-state index is -1.14. The van der Waals surface area contributed by atoms with Gasteiger partial charge in [0.15, 0.2) is 0 Å². The van der Waals surface area contributed by atoms with Crippen LogP contribution in [0.5, 0.6) is 0 Å². The summed E-state index contributed by atoms with van der Waals surface area (Å²) in [4.78, 5) is 48.0. The summed E-state index contributed by atoms with van der Waals surface area (Å²) < 4.78 is 28.7. The standard InChI is InChI=1S/C23H31NO9Se/c1-13(25)29-12-17-19(30-14(2)26)20(31-15(3)27)18(24-22(28)33-23(4,5)6)21(32-17)34-16-10-8-7-9-11-16/h7-11,17-21H,12H2,1-6H3,(H,24,28)/t17-,18-,19+,20-,21-/m1/s1. The first-order valence-corrected chi connectivity index (χ1v) is 12.5. The third-order valence-corrected chi connectivity index (χ3v) is 6.86. The van der Waals surface area contributed by atoms with E-state index in [9.17, 15) is 19.2 Å². The van der Waals surface area contributed by atoms with Crippen LogP contribution in [0.1, 0.15) is 41.5 Å². The molecule has 5 atom stereocenters. The van der Waals surface area contributed by atoms with Crippen LogP contribution in [0.4, 0.5) is 4.79 Å². The number of alkyl carbamates (subject to hydrolysis) is 1. The van der Waals surface area contributed by atoms with Gasteiger partial charge in [0.25, 0.3) is 0 Å². The second kappa shape index (κ2) is 12.2. The van der Waals surface area contributed by atoms with E-state index >= 15 is 0 Å². The number of nitrogens with one attached hydrogen (secondary N) is 1. The Kier molecular flexibility index (Phi) is 9.90. The van der Waals surface area contributed by atoms with E-state index in [1.165, 1.54) is 20.8 Å². The average Bonchev–Trinajstić information content (AvgIpc) is 2.69. The molecule has 0 radical (unpaired) electrons. The van der Waals surface area contributed by atoms with Crippen molar-refractivity contribution in [2.24, 2.45) is 0 Å². The van der Waals surface area contributed by atoms with Gasteiger partial charge >= 0.3 is 205 Å². The van der Waals surface area contributed by atoms with Gasteiger partial charge in [-0.1, -0.05) is 0 Å². The van der Waals surface area contributed by atoms with Crippen LogP contribution in [-0.4, -0.2) is 80.5 Å². The Bertz CT molecular complexity index is 871. The Labute approximate surface area is 205 Å². The quantitative estimate of drug-likeness (QED) is 0.305. The van der Waals surface area contributed by atoms with Crippen LogP contribution in [0.3, 0.4) is 0 Å². The monoisotopic (exact) mass is 545 g/mol. The van der Waals surface area contributed by atoms with E-state index < -0.39 is 59.0 Å². The number of hydrogen-bond acceptors (Lipinski definition) is 9. The Morgan fingerprint density at radius 2 is 1.53 bits per heavy atom. The van der Waals surface area contributed by atoms with Gasteiger partial charge in [-0.25, -0.2) is 0 Å². The van der Waals surface area contributed by atoms with Gasteiger partial charge in [-0.3, -0.25) is 0 Å². The molecule has 1 fully saturated rings. The first-order valence-electron chi connectivity index (χ1n) is 10.7. The molecule has 1 aliphatic rings.